The number of nitrogens with one attached hydrogen (secondary N) is 1. The highest BCUT2D eigenvalue weighted by molar-refractivity contribution is 5.83. The predicted molar refractivity (Wildman–Crippen MR) is 113 cm³/mol. The van der Waals surface area contributed by atoms with Gasteiger partial charge in [-0.25, -0.2) is 9.97 Å². The zero-order chi connectivity index (χ0) is 20.2. The fourth-order valence-corrected chi connectivity index (χ4v) is 4.41. The first-order chi connectivity index (χ1) is 14.2. The normalized spacial score (nSPS) is 19.0. The van der Waals surface area contributed by atoms with Gasteiger partial charge in [-0.15, -0.1) is 0 Å². The molecule has 0 atom stereocenters. The highest BCUT2D eigenvalue weighted by atomic mass is 16.5. The van der Waals surface area contributed by atoms with Crippen molar-refractivity contribution in [2.45, 2.75) is 70.3 Å². The van der Waals surface area contributed by atoms with E-state index < -0.39 is 0 Å². The fourth-order valence-electron chi connectivity index (χ4n) is 4.41. The average Bonchev–Trinajstić information content (AvgIpc) is 2.76. The Morgan fingerprint density at radius 1 is 1.17 bits per heavy atom. The Morgan fingerprint density at radius 2 is 1.93 bits per heavy atom. The van der Waals surface area contributed by atoms with Crippen LogP contribution < -0.4 is 10.9 Å². The van der Waals surface area contributed by atoms with E-state index >= 15 is 0 Å². The molecule has 0 radical (unpaired) electrons. The van der Waals surface area contributed by atoms with Gasteiger partial charge in [0.1, 0.15) is 5.78 Å². The summed E-state index contributed by atoms with van der Waals surface area (Å²) in [6, 6.07) is 0.145. The molecule has 156 valence electrons. The summed E-state index contributed by atoms with van der Waals surface area (Å²) in [5, 5.41) is 3.85. The molecule has 3 heterocycles. The number of rotatable bonds is 6. The zero-order valence-corrected chi connectivity index (χ0v) is 17.2. The zero-order valence-electron chi connectivity index (χ0n) is 17.2. The van der Waals surface area contributed by atoms with Crippen molar-refractivity contribution < 1.29 is 9.53 Å². The molecule has 4 rings (SSSR count). The van der Waals surface area contributed by atoms with Crippen molar-refractivity contribution in [1.29, 1.82) is 0 Å². The maximum Gasteiger partial charge on any atom is 0.261 e. The second-order valence-corrected chi connectivity index (χ2v) is 8.19. The summed E-state index contributed by atoms with van der Waals surface area (Å²) in [6.07, 6.45) is 10.4. The minimum absolute atomic E-state index is 0.0253. The number of nitrogens with zero attached hydrogens (tertiary/aromatic N) is 3. The quantitative estimate of drug-likeness (QED) is 0.749. The lowest BCUT2D eigenvalue weighted by Crippen LogP contribution is -2.30. The molecule has 0 spiro atoms. The van der Waals surface area contributed by atoms with Crippen molar-refractivity contribution in [3.8, 4) is 0 Å². The van der Waals surface area contributed by atoms with E-state index in [9.17, 15) is 9.59 Å². The summed E-state index contributed by atoms with van der Waals surface area (Å²) in [4.78, 5) is 34.2. The number of unbranched alkanes of at least 4 members (excludes halogenated alkanes) is 1. The highest BCUT2D eigenvalue weighted by Gasteiger charge is 2.26. The van der Waals surface area contributed by atoms with Crippen LogP contribution in [0.3, 0.4) is 0 Å². The molecule has 0 amide bonds. The van der Waals surface area contributed by atoms with Crippen molar-refractivity contribution in [3.05, 3.63) is 28.3 Å². The van der Waals surface area contributed by atoms with Crippen molar-refractivity contribution in [2.75, 3.05) is 25.1 Å². The summed E-state index contributed by atoms with van der Waals surface area (Å²) >= 11 is 0. The number of carbonyl (C=O) groups excluding carboxylic acids is 1. The van der Waals surface area contributed by atoms with Gasteiger partial charge in [-0.3, -0.25) is 9.59 Å². The van der Waals surface area contributed by atoms with E-state index in [1.807, 2.05) is 10.8 Å². The van der Waals surface area contributed by atoms with Crippen LogP contribution >= 0.6 is 0 Å². The van der Waals surface area contributed by atoms with E-state index in [0.29, 0.717) is 43.2 Å². The lowest BCUT2D eigenvalue weighted by atomic mass is 9.83. The molecule has 2 fully saturated rings. The third-order valence-electron chi connectivity index (χ3n) is 6.19. The Hall–Kier alpha value is -2.28. The molecule has 1 aliphatic carbocycles. The van der Waals surface area contributed by atoms with Gasteiger partial charge in [0.25, 0.3) is 5.56 Å². The van der Waals surface area contributed by atoms with Crippen LogP contribution in [0, 0.1) is 0 Å². The Kier molecular flexibility index (Phi) is 6.23. The average molecular weight is 399 g/mol. The standard InChI is InChI=1S/C22H30N4O3/c1-2-3-10-23-22-24-13-18-20(25-22)19(15-4-6-17(27)7-5-15)14-26(21(18)28)16-8-11-29-12-9-16/h13-16H,2-12H2,1H3,(H,23,24,25). The number of hydrogen-bond acceptors (Lipinski definition) is 6. The number of hydrogen-bond donors (Lipinski definition) is 1. The summed E-state index contributed by atoms with van der Waals surface area (Å²) in [6.45, 7) is 4.32. The van der Waals surface area contributed by atoms with Gasteiger partial charge in [0.2, 0.25) is 5.95 Å². The molecule has 1 saturated carbocycles. The fraction of sp³-hybridized carbons (Fsp3) is 0.636. The molecule has 1 saturated heterocycles. The van der Waals surface area contributed by atoms with Crippen LogP contribution in [0.25, 0.3) is 10.9 Å². The van der Waals surface area contributed by atoms with Crippen molar-refractivity contribution in [2.24, 2.45) is 0 Å². The van der Waals surface area contributed by atoms with Crippen molar-refractivity contribution in [1.82, 2.24) is 14.5 Å². The first-order valence-electron chi connectivity index (χ1n) is 10.9. The SMILES string of the molecule is CCCCNc1ncc2c(=O)n(C3CCOCC3)cc(C3CCC(=O)CC3)c2n1. The topological polar surface area (TPSA) is 86.1 Å². The largest absolute Gasteiger partial charge is 0.381 e. The van der Waals surface area contributed by atoms with Gasteiger partial charge in [0, 0.05) is 51.0 Å². The number of ether oxygens (including phenoxy) is 1. The maximum atomic E-state index is 13.3. The lowest BCUT2D eigenvalue weighted by Gasteiger charge is -2.28. The van der Waals surface area contributed by atoms with Crippen LogP contribution in [0.5, 0.6) is 0 Å². The second-order valence-electron chi connectivity index (χ2n) is 8.19. The molecule has 7 nitrogen and oxygen atoms in total. The first-order valence-corrected chi connectivity index (χ1v) is 10.9. The van der Waals surface area contributed by atoms with Crippen LogP contribution in [0.2, 0.25) is 0 Å². The number of carbonyl (C=O) groups is 1. The molecule has 0 bridgehead atoms. The van der Waals surface area contributed by atoms with Gasteiger partial charge in [-0.2, -0.15) is 0 Å². The lowest BCUT2D eigenvalue weighted by molar-refractivity contribution is -0.120. The van der Waals surface area contributed by atoms with Gasteiger partial charge < -0.3 is 14.6 Å². The Morgan fingerprint density at radius 3 is 2.66 bits per heavy atom. The number of anilines is 1. The molecule has 7 heteroatoms. The Bertz CT molecular complexity index is 924. The van der Waals surface area contributed by atoms with E-state index in [1.165, 1.54) is 0 Å². The number of Topliss-reactive ketones (excluding diaryl/α,β-unsaturated/α-hetero) is 1. The number of fused-ring (bicyclic) bond motifs is 1. The minimum atomic E-state index is -0.0253. The van der Waals surface area contributed by atoms with Gasteiger partial charge in [0.15, 0.2) is 0 Å². The van der Waals surface area contributed by atoms with Crippen molar-refractivity contribution >= 4 is 22.6 Å². The number of ketones is 1. The van der Waals surface area contributed by atoms with Crippen LogP contribution in [0.15, 0.2) is 17.2 Å². The molecule has 0 aromatic carbocycles. The van der Waals surface area contributed by atoms with E-state index in [2.05, 4.69) is 17.2 Å². The first kappa shape index (κ1) is 20.0. The third-order valence-corrected chi connectivity index (χ3v) is 6.19. The molecular weight excluding hydrogens is 368 g/mol. The summed E-state index contributed by atoms with van der Waals surface area (Å²) in [5.41, 5.74) is 1.80. The van der Waals surface area contributed by atoms with E-state index in [-0.39, 0.29) is 17.5 Å². The molecule has 0 unspecified atom stereocenters. The summed E-state index contributed by atoms with van der Waals surface area (Å²) in [5.74, 6) is 1.16. The molecule has 1 aliphatic heterocycles. The highest BCUT2D eigenvalue weighted by Crippen LogP contribution is 2.35. The van der Waals surface area contributed by atoms with Gasteiger partial charge in [0.05, 0.1) is 10.9 Å². The smallest absolute Gasteiger partial charge is 0.261 e. The molecular formula is C22H30N4O3. The molecule has 2 aromatic heterocycles. The van der Waals surface area contributed by atoms with E-state index in [4.69, 9.17) is 9.72 Å². The number of aromatic nitrogens is 3. The second kappa shape index (κ2) is 9.03. The van der Waals surface area contributed by atoms with Crippen LogP contribution in [-0.4, -0.2) is 40.1 Å². The molecule has 2 aromatic rings. The predicted octanol–water partition coefficient (Wildman–Crippen LogP) is 3.58. The summed E-state index contributed by atoms with van der Waals surface area (Å²) < 4.78 is 7.36. The van der Waals surface area contributed by atoms with Gasteiger partial charge >= 0.3 is 0 Å². The van der Waals surface area contributed by atoms with Crippen molar-refractivity contribution in [3.63, 3.8) is 0 Å². The Labute approximate surface area is 170 Å². The Balaban J connectivity index is 1.78. The third kappa shape index (κ3) is 4.34. The van der Waals surface area contributed by atoms with Gasteiger partial charge in [-0.05, 0) is 43.6 Å². The minimum Gasteiger partial charge on any atom is -0.381 e. The van der Waals surface area contributed by atoms with Crippen LogP contribution in [0.1, 0.15) is 75.8 Å². The van der Waals surface area contributed by atoms with Crippen LogP contribution in [0.4, 0.5) is 5.95 Å². The number of pyridine rings is 1. The molecule has 29 heavy (non-hydrogen) atoms. The maximum absolute atomic E-state index is 13.3. The molecule has 2 aliphatic rings. The van der Waals surface area contributed by atoms with E-state index in [1.54, 1.807) is 6.20 Å². The monoisotopic (exact) mass is 398 g/mol. The van der Waals surface area contributed by atoms with Gasteiger partial charge in [-0.1, -0.05) is 13.3 Å². The summed E-state index contributed by atoms with van der Waals surface area (Å²) in [7, 11) is 0. The van der Waals surface area contributed by atoms with E-state index in [0.717, 1.165) is 56.1 Å². The van der Waals surface area contributed by atoms with Crippen LogP contribution in [-0.2, 0) is 9.53 Å². The molecule has 1 N–H and O–H groups in total.